The number of ketones is 1. The van der Waals surface area contributed by atoms with Crippen LogP contribution in [0.15, 0.2) is 54.6 Å². The van der Waals surface area contributed by atoms with Crippen LogP contribution in [-0.4, -0.2) is 65.2 Å². The molecule has 45 heavy (non-hydrogen) atoms. The number of Topliss-reactive ketones (excluding diaryl/α,β-unsaturated/α-hetero) is 1. The van der Waals surface area contributed by atoms with Crippen LogP contribution in [0.1, 0.15) is 78.1 Å². The van der Waals surface area contributed by atoms with E-state index in [4.69, 9.17) is 4.74 Å². The van der Waals surface area contributed by atoms with Crippen LogP contribution in [0, 0.1) is 19.8 Å². The molecule has 3 N–H and O–H groups in total. The number of benzene rings is 3. The molecule has 6 rings (SSSR count). The van der Waals surface area contributed by atoms with Crippen molar-refractivity contribution in [1.82, 2.24) is 10.2 Å². The summed E-state index contributed by atoms with van der Waals surface area (Å²) in [5.41, 5.74) is 3.83. The molecule has 1 heterocycles. The molecular formula is C38H46N2O5. The van der Waals surface area contributed by atoms with E-state index in [-0.39, 0.29) is 35.5 Å². The van der Waals surface area contributed by atoms with Gasteiger partial charge in [0.1, 0.15) is 17.3 Å². The Morgan fingerprint density at radius 1 is 1.02 bits per heavy atom. The third-order valence-corrected chi connectivity index (χ3v) is 10.9. The van der Waals surface area contributed by atoms with E-state index in [1.165, 1.54) is 12.8 Å². The maximum absolute atomic E-state index is 13.5. The Morgan fingerprint density at radius 2 is 1.76 bits per heavy atom. The number of methoxy groups -OCH3 is 1. The minimum absolute atomic E-state index is 0.101. The molecule has 7 nitrogen and oxygen atoms in total. The summed E-state index contributed by atoms with van der Waals surface area (Å²) in [6.07, 6.45) is 4.54. The number of aromatic hydroxyl groups is 1. The molecular weight excluding hydrogens is 564 g/mol. The Morgan fingerprint density at radius 3 is 2.44 bits per heavy atom. The van der Waals surface area contributed by atoms with E-state index in [1.807, 2.05) is 32.0 Å². The monoisotopic (exact) mass is 610 g/mol. The Balaban J connectivity index is 1.18. The van der Waals surface area contributed by atoms with Crippen molar-refractivity contribution < 1.29 is 24.5 Å². The average Bonchev–Trinajstić information content (AvgIpc) is 3.84. The number of nitrogens with one attached hydrogen (secondary N) is 1. The molecule has 0 spiro atoms. The Hall–Kier alpha value is -3.68. The lowest BCUT2D eigenvalue weighted by Crippen LogP contribution is -2.70. The number of aliphatic hydroxyl groups is 1. The van der Waals surface area contributed by atoms with Crippen molar-refractivity contribution in [2.45, 2.75) is 82.8 Å². The lowest BCUT2D eigenvalue weighted by molar-refractivity contribution is -0.165. The average molecular weight is 611 g/mol. The zero-order valence-corrected chi connectivity index (χ0v) is 27.0. The molecule has 3 fully saturated rings. The van der Waals surface area contributed by atoms with Gasteiger partial charge in [-0.3, -0.25) is 14.5 Å². The summed E-state index contributed by atoms with van der Waals surface area (Å²) < 4.78 is 5.38. The van der Waals surface area contributed by atoms with Crippen molar-refractivity contribution in [2.75, 3.05) is 26.7 Å². The third-order valence-electron chi connectivity index (χ3n) is 10.9. The highest BCUT2D eigenvalue weighted by Crippen LogP contribution is 2.56. The van der Waals surface area contributed by atoms with Gasteiger partial charge in [0, 0.05) is 43.0 Å². The number of nitrogens with zero attached hydrogens (tertiary/aromatic N) is 1. The normalized spacial score (nSPS) is 25.1. The molecule has 0 radical (unpaired) electrons. The number of phenolic OH excluding ortho intramolecular Hbond substituents is 1. The van der Waals surface area contributed by atoms with E-state index >= 15 is 0 Å². The van der Waals surface area contributed by atoms with E-state index in [0.717, 1.165) is 46.7 Å². The van der Waals surface area contributed by atoms with E-state index in [9.17, 15) is 19.8 Å². The standard InChI is InChI=1S/C38H46N2O5/c1-24-5-13-32(36(43)39-19-16-27-8-10-29(11-9-27)30-12-14-33(45-4)25(2)21-30)35(42)34(24)37-18-20-40(23-28-6-7-28)26(3)38(37,44)17-15-31(41)22-37/h5,8-14,21,26,28,42,44H,6-7,15-20,22-23H2,1-4H3,(H,39,43). The molecule has 3 aromatic rings. The number of hydrogen-bond donors (Lipinski definition) is 3. The summed E-state index contributed by atoms with van der Waals surface area (Å²) in [5.74, 6) is 1.18. The zero-order valence-electron chi connectivity index (χ0n) is 27.0. The SMILES string of the molecule is COc1ccc(-c2ccc(CCNC(=O)c3ccc(C)c(C45CCN(CC6CC6)C(C)C4(O)CCC(=O)C5)c3O)cc2)cc1C. The first kappa shape index (κ1) is 31.3. The van der Waals surface area contributed by atoms with Crippen LogP contribution in [0.2, 0.25) is 0 Å². The van der Waals surface area contributed by atoms with Crippen LogP contribution in [0.4, 0.5) is 0 Å². The van der Waals surface area contributed by atoms with Gasteiger partial charge >= 0.3 is 0 Å². The molecule has 3 atom stereocenters. The van der Waals surface area contributed by atoms with Gasteiger partial charge in [0.25, 0.3) is 5.91 Å². The Kier molecular flexibility index (Phi) is 8.53. The number of rotatable bonds is 9. The number of ether oxygens (including phenoxy) is 1. The molecule has 1 amide bonds. The quantitative estimate of drug-likeness (QED) is 0.280. The van der Waals surface area contributed by atoms with Crippen molar-refractivity contribution in [3.05, 3.63) is 82.4 Å². The van der Waals surface area contributed by atoms with Crippen LogP contribution in [0.25, 0.3) is 11.1 Å². The second kappa shape index (κ2) is 12.3. The van der Waals surface area contributed by atoms with Crippen LogP contribution < -0.4 is 10.1 Å². The molecule has 1 saturated heterocycles. The van der Waals surface area contributed by atoms with E-state index < -0.39 is 11.0 Å². The molecule has 0 bridgehead atoms. The number of hydrogen-bond acceptors (Lipinski definition) is 6. The predicted octanol–water partition coefficient (Wildman–Crippen LogP) is 5.88. The number of aryl methyl sites for hydroxylation is 2. The molecule has 238 valence electrons. The number of fused-ring (bicyclic) bond motifs is 1. The number of phenols is 1. The zero-order chi connectivity index (χ0) is 31.9. The summed E-state index contributed by atoms with van der Waals surface area (Å²) in [6, 6.07) is 17.8. The third kappa shape index (κ3) is 5.77. The van der Waals surface area contributed by atoms with Crippen molar-refractivity contribution in [3.8, 4) is 22.6 Å². The minimum atomic E-state index is -1.18. The number of likely N-dealkylation sites (tertiary alicyclic amines) is 1. The maximum Gasteiger partial charge on any atom is 0.255 e. The largest absolute Gasteiger partial charge is 0.507 e. The number of piperidine rings is 1. The van der Waals surface area contributed by atoms with Crippen molar-refractivity contribution in [1.29, 1.82) is 0 Å². The topological polar surface area (TPSA) is 99.1 Å². The number of amides is 1. The second-order valence-electron chi connectivity index (χ2n) is 13.6. The first-order valence-electron chi connectivity index (χ1n) is 16.4. The summed E-state index contributed by atoms with van der Waals surface area (Å²) in [6.45, 7) is 8.12. The first-order chi connectivity index (χ1) is 21.6. The molecule has 0 aromatic heterocycles. The van der Waals surface area contributed by atoms with Gasteiger partial charge in [-0.25, -0.2) is 0 Å². The van der Waals surface area contributed by atoms with Crippen LogP contribution in [-0.2, 0) is 16.6 Å². The summed E-state index contributed by atoms with van der Waals surface area (Å²) in [4.78, 5) is 28.8. The second-order valence-corrected chi connectivity index (χ2v) is 13.6. The highest BCUT2D eigenvalue weighted by Gasteiger charge is 2.62. The summed E-state index contributed by atoms with van der Waals surface area (Å²) in [5, 5.41) is 27.2. The van der Waals surface area contributed by atoms with Gasteiger partial charge < -0.3 is 20.3 Å². The molecule has 2 saturated carbocycles. The fraction of sp³-hybridized carbons (Fsp3) is 0.474. The molecule has 7 heteroatoms. The van der Waals surface area contributed by atoms with Gasteiger partial charge in [-0.2, -0.15) is 0 Å². The molecule has 3 aromatic carbocycles. The lowest BCUT2D eigenvalue weighted by atomic mass is 9.52. The van der Waals surface area contributed by atoms with E-state index in [0.29, 0.717) is 43.7 Å². The Labute approximate surface area is 266 Å². The van der Waals surface area contributed by atoms with Gasteiger partial charge in [0.2, 0.25) is 0 Å². The summed E-state index contributed by atoms with van der Waals surface area (Å²) >= 11 is 0. The summed E-state index contributed by atoms with van der Waals surface area (Å²) in [7, 11) is 1.67. The predicted molar refractivity (Wildman–Crippen MR) is 176 cm³/mol. The van der Waals surface area contributed by atoms with Crippen LogP contribution >= 0.6 is 0 Å². The lowest BCUT2D eigenvalue weighted by Gasteiger charge is -2.60. The molecule has 3 unspecified atom stereocenters. The van der Waals surface area contributed by atoms with Gasteiger partial charge in [-0.05, 0) is 111 Å². The molecule has 3 aliphatic rings. The van der Waals surface area contributed by atoms with Gasteiger partial charge in [-0.15, -0.1) is 0 Å². The number of carbonyl (C=O) groups excluding carboxylic acids is 2. The highest BCUT2D eigenvalue weighted by molar-refractivity contribution is 5.97. The van der Waals surface area contributed by atoms with Crippen LogP contribution in [0.5, 0.6) is 11.5 Å². The van der Waals surface area contributed by atoms with Crippen molar-refractivity contribution in [3.63, 3.8) is 0 Å². The fourth-order valence-corrected chi connectivity index (χ4v) is 8.02. The van der Waals surface area contributed by atoms with Gasteiger partial charge in [0.05, 0.1) is 18.3 Å². The van der Waals surface area contributed by atoms with Crippen LogP contribution in [0.3, 0.4) is 0 Å². The number of carbonyl (C=O) groups is 2. The molecule has 1 aliphatic heterocycles. The first-order valence-corrected chi connectivity index (χ1v) is 16.4. The fourth-order valence-electron chi connectivity index (χ4n) is 8.02. The van der Waals surface area contributed by atoms with Crippen molar-refractivity contribution in [2.24, 2.45) is 5.92 Å². The smallest absolute Gasteiger partial charge is 0.255 e. The molecule has 2 aliphatic carbocycles. The van der Waals surface area contributed by atoms with Gasteiger partial charge in [0.15, 0.2) is 0 Å². The van der Waals surface area contributed by atoms with Gasteiger partial charge in [-0.1, -0.05) is 36.4 Å². The van der Waals surface area contributed by atoms with E-state index in [1.54, 1.807) is 13.2 Å². The Bertz CT molecular complexity index is 1600. The minimum Gasteiger partial charge on any atom is -0.507 e. The maximum atomic E-state index is 13.5. The van der Waals surface area contributed by atoms with E-state index in [2.05, 4.69) is 47.5 Å². The highest BCUT2D eigenvalue weighted by atomic mass is 16.5. The van der Waals surface area contributed by atoms with Crippen molar-refractivity contribution >= 4 is 11.7 Å².